The maximum atomic E-state index is 13.1. The molecule has 4 rings (SSSR count). The largest absolute Gasteiger partial charge is 0.374 e. The molecule has 0 saturated carbocycles. The summed E-state index contributed by atoms with van der Waals surface area (Å²) < 4.78 is 7.29. The standard InChI is InChI=1S/C25H30N4O3/c1-15-8-9-19(27-17(3)28-24(30)23-7-5-6-10-32-23)13-20(15)21-12-18-14-26-16(2)11-22(18)29(4)25(21)31/h8-9,11-14,23-24,27-28,30H,3,5-7,10H2,1-2,4H3/t23-,24?/m0/s1. The van der Waals surface area contributed by atoms with Crippen LogP contribution in [0.5, 0.6) is 0 Å². The normalized spacial score (nSPS) is 17.2. The van der Waals surface area contributed by atoms with Gasteiger partial charge in [0.25, 0.3) is 5.56 Å². The number of anilines is 1. The summed E-state index contributed by atoms with van der Waals surface area (Å²) in [5.41, 5.74) is 4.86. The van der Waals surface area contributed by atoms with Gasteiger partial charge in [-0.1, -0.05) is 12.6 Å². The van der Waals surface area contributed by atoms with Crippen molar-refractivity contribution in [2.75, 3.05) is 11.9 Å². The van der Waals surface area contributed by atoms with E-state index < -0.39 is 6.23 Å². The van der Waals surface area contributed by atoms with Gasteiger partial charge in [-0.05, 0) is 68.5 Å². The van der Waals surface area contributed by atoms with Crippen molar-refractivity contribution in [2.45, 2.75) is 45.4 Å². The molecule has 7 nitrogen and oxygen atoms in total. The van der Waals surface area contributed by atoms with E-state index in [0.717, 1.165) is 52.7 Å². The average molecular weight is 435 g/mol. The molecule has 3 N–H and O–H groups in total. The lowest BCUT2D eigenvalue weighted by Crippen LogP contribution is -2.43. The zero-order valence-electron chi connectivity index (χ0n) is 18.8. The minimum Gasteiger partial charge on any atom is -0.374 e. The van der Waals surface area contributed by atoms with Gasteiger partial charge in [0.05, 0.1) is 11.3 Å². The number of nitrogens with zero attached hydrogens (tertiary/aromatic N) is 2. The summed E-state index contributed by atoms with van der Waals surface area (Å²) in [5.74, 6) is 0.465. The Morgan fingerprint density at radius 1 is 1.25 bits per heavy atom. The highest BCUT2D eigenvalue weighted by atomic mass is 16.5. The first-order valence-corrected chi connectivity index (χ1v) is 10.9. The molecule has 0 radical (unpaired) electrons. The smallest absolute Gasteiger partial charge is 0.258 e. The molecule has 0 spiro atoms. The van der Waals surface area contributed by atoms with Gasteiger partial charge < -0.3 is 25.0 Å². The number of hydrogen-bond donors (Lipinski definition) is 3. The summed E-state index contributed by atoms with van der Waals surface area (Å²) in [4.78, 5) is 17.5. The number of pyridine rings is 2. The van der Waals surface area contributed by atoms with Crippen molar-refractivity contribution in [1.29, 1.82) is 0 Å². The second-order valence-corrected chi connectivity index (χ2v) is 8.43. The van der Waals surface area contributed by atoms with Crippen molar-refractivity contribution >= 4 is 16.6 Å². The molecule has 32 heavy (non-hydrogen) atoms. The maximum Gasteiger partial charge on any atom is 0.258 e. The minimum absolute atomic E-state index is 0.0647. The Morgan fingerprint density at radius 2 is 2.06 bits per heavy atom. The molecule has 2 atom stereocenters. The zero-order chi connectivity index (χ0) is 22.8. The average Bonchev–Trinajstić information content (AvgIpc) is 2.78. The van der Waals surface area contributed by atoms with Gasteiger partial charge in [-0.15, -0.1) is 0 Å². The molecule has 168 valence electrons. The first-order valence-electron chi connectivity index (χ1n) is 10.9. The maximum absolute atomic E-state index is 13.1. The lowest BCUT2D eigenvalue weighted by molar-refractivity contribution is -0.0702. The van der Waals surface area contributed by atoms with Crippen molar-refractivity contribution in [1.82, 2.24) is 14.9 Å². The molecule has 0 aliphatic carbocycles. The van der Waals surface area contributed by atoms with Crippen LogP contribution in [0.1, 0.15) is 30.5 Å². The first kappa shape index (κ1) is 22.0. The Balaban J connectivity index is 1.59. The highest BCUT2D eigenvalue weighted by Crippen LogP contribution is 2.27. The SMILES string of the molecule is C=C(Nc1ccc(C)c(-c2cc3cnc(C)cc3n(C)c2=O)c1)NC(O)[C@@H]1CCCCO1. The Bertz CT molecular complexity index is 1210. The van der Waals surface area contributed by atoms with E-state index in [2.05, 4.69) is 22.2 Å². The molecule has 3 aromatic rings. The summed E-state index contributed by atoms with van der Waals surface area (Å²) in [5, 5.41) is 17.5. The zero-order valence-corrected chi connectivity index (χ0v) is 18.8. The van der Waals surface area contributed by atoms with Crippen LogP contribution in [0, 0.1) is 13.8 Å². The van der Waals surface area contributed by atoms with Crippen LogP contribution in [0.3, 0.4) is 0 Å². The third-order valence-corrected chi connectivity index (χ3v) is 5.96. The molecule has 1 aliphatic rings. The van der Waals surface area contributed by atoms with Crippen LogP contribution < -0.4 is 16.2 Å². The fourth-order valence-corrected chi connectivity index (χ4v) is 4.14. The van der Waals surface area contributed by atoms with Crippen LogP contribution in [0.2, 0.25) is 0 Å². The van der Waals surface area contributed by atoms with Crippen molar-refractivity contribution in [3.05, 3.63) is 70.5 Å². The molecule has 3 heterocycles. The number of hydrogen-bond acceptors (Lipinski definition) is 6. The first-order chi connectivity index (χ1) is 15.3. The quantitative estimate of drug-likeness (QED) is 0.514. The van der Waals surface area contributed by atoms with E-state index in [1.54, 1.807) is 17.8 Å². The third kappa shape index (κ3) is 4.54. The Morgan fingerprint density at radius 3 is 2.81 bits per heavy atom. The van der Waals surface area contributed by atoms with Gasteiger partial charge in [-0.25, -0.2) is 0 Å². The Labute approximate surface area is 187 Å². The van der Waals surface area contributed by atoms with E-state index in [0.29, 0.717) is 18.0 Å². The van der Waals surface area contributed by atoms with Crippen LogP contribution in [-0.4, -0.2) is 33.6 Å². The van der Waals surface area contributed by atoms with Crippen LogP contribution >= 0.6 is 0 Å². The highest BCUT2D eigenvalue weighted by Gasteiger charge is 2.22. The van der Waals surface area contributed by atoms with Crippen molar-refractivity contribution < 1.29 is 9.84 Å². The fraction of sp³-hybridized carbons (Fsp3) is 0.360. The Hall–Kier alpha value is -3.16. The second kappa shape index (κ2) is 9.14. The molecule has 0 amide bonds. The van der Waals surface area contributed by atoms with Gasteiger partial charge in [-0.3, -0.25) is 9.78 Å². The lowest BCUT2D eigenvalue weighted by Gasteiger charge is -2.28. The number of benzene rings is 1. The second-order valence-electron chi connectivity index (χ2n) is 8.43. The monoisotopic (exact) mass is 434 g/mol. The van der Waals surface area contributed by atoms with Crippen molar-refractivity contribution in [3.63, 3.8) is 0 Å². The molecule has 1 fully saturated rings. The van der Waals surface area contributed by atoms with Crippen LogP contribution in [0.25, 0.3) is 22.0 Å². The number of aryl methyl sites for hydroxylation is 3. The van der Waals surface area contributed by atoms with E-state index in [1.165, 1.54) is 0 Å². The molecule has 1 unspecified atom stereocenters. The predicted molar refractivity (Wildman–Crippen MR) is 127 cm³/mol. The number of fused-ring (bicyclic) bond motifs is 1. The van der Waals surface area contributed by atoms with E-state index in [-0.39, 0.29) is 11.7 Å². The predicted octanol–water partition coefficient (Wildman–Crippen LogP) is 3.58. The fourth-order valence-electron chi connectivity index (χ4n) is 4.14. The molecule has 1 aromatic carbocycles. The lowest BCUT2D eigenvalue weighted by atomic mass is 9.99. The molecular formula is C25H30N4O3. The molecular weight excluding hydrogens is 404 g/mol. The van der Waals surface area contributed by atoms with Gasteiger partial charge in [0.2, 0.25) is 0 Å². The van der Waals surface area contributed by atoms with E-state index in [1.807, 2.05) is 44.2 Å². The molecule has 1 saturated heterocycles. The van der Waals surface area contributed by atoms with E-state index in [4.69, 9.17) is 4.74 Å². The molecule has 1 aliphatic heterocycles. The number of aliphatic hydroxyl groups excluding tert-OH is 1. The number of aliphatic hydroxyl groups is 1. The molecule has 0 bridgehead atoms. The van der Waals surface area contributed by atoms with Gasteiger partial charge >= 0.3 is 0 Å². The number of nitrogens with one attached hydrogen (secondary N) is 2. The van der Waals surface area contributed by atoms with Crippen molar-refractivity contribution in [3.8, 4) is 11.1 Å². The van der Waals surface area contributed by atoms with Gasteiger partial charge in [-0.2, -0.15) is 0 Å². The topological polar surface area (TPSA) is 88.4 Å². The van der Waals surface area contributed by atoms with Crippen molar-refractivity contribution in [2.24, 2.45) is 7.05 Å². The van der Waals surface area contributed by atoms with Crippen LogP contribution in [0.4, 0.5) is 5.69 Å². The number of aromatic nitrogens is 2. The summed E-state index contributed by atoms with van der Waals surface area (Å²) in [7, 11) is 1.78. The van der Waals surface area contributed by atoms with Gasteiger partial charge in [0.15, 0.2) is 6.23 Å². The molecule has 7 heteroatoms. The summed E-state index contributed by atoms with van der Waals surface area (Å²) >= 11 is 0. The van der Waals surface area contributed by atoms with E-state index >= 15 is 0 Å². The Kier molecular flexibility index (Phi) is 6.30. The number of rotatable bonds is 6. The van der Waals surface area contributed by atoms with Gasteiger partial charge in [0, 0.05) is 42.2 Å². The third-order valence-electron chi connectivity index (χ3n) is 5.96. The van der Waals surface area contributed by atoms with Crippen LogP contribution in [-0.2, 0) is 11.8 Å². The summed E-state index contributed by atoms with van der Waals surface area (Å²) in [6.07, 6.45) is 3.61. The van der Waals surface area contributed by atoms with Crippen LogP contribution in [0.15, 0.2) is 53.7 Å². The number of ether oxygens (including phenoxy) is 1. The summed E-state index contributed by atoms with van der Waals surface area (Å²) in [6.45, 7) is 8.54. The minimum atomic E-state index is -0.830. The highest BCUT2D eigenvalue weighted by molar-refractivity contribution is 5.85. The summed E-state index contributed by atoms with van der Waals surface area (Å²) in [6, 6.07) is 9.62. The van der Waals surface area contributed by atoms with Gasteiger partial charge in [0.1, 0.15) is 6.10 Å². The molecule has 2 aromatic heterocycles. The van der Waals surface area contributed by atoms with E-state index in [9.17, 15) is 9.90 Å².